The molecule has 1 amide bonds. The molecule has 2 aliphatic carbocycles. The van der Waals surface area contributed by atoms with Crippen LogP contribution in [0.25, 0.3) is 11.3 Å². The molecule has 4 rings (SSSR count). The normalized spacial score (nSPS) is 17.6. The molecule has 2 aromatic heterocycles. The standard InChI is InChI=1S/C16H18N2O2S/c1-18(15(19)10-4-2-3-5-10)16-17-14-11-8-9-20-12(11)6-7-13(14)21-16/h8-10H,2-7H2,1H3. The average Bonchev–Trinajstić information content (AvgIpc) is 3.22. The molecular weight excluding hydrogens is 284 g/mol. The van der Waals surface area contributed by atoms with E-state index < -0.39 is 0 Å². The van der Waals surface area contributed by atoms with E-state index in [0.717, 1.165) is 47.8 Å². The fourth-order valence-electron chi connectivity index (χ4n) is 3.38. The van der Waals surface area contributed by atoms with Crippen molar-refractivity contribution in [3.05, 3.63) is 23.0 Å². The highest BCUT2D eigenvalue weighted by Gasteiger charge is 2.29. The van der Waals surface area contributed by atoms with Gasteiger partial charge in [0.05, 0.1) is 12.0 Å². The number of hydrogen-bond acceptors (Lipinski definition) is 4. The van der Waals surface area contributed by atoms with Gasteiger partial charge in [-0.15, -0.1) is 11.3 Å². The lowest BCUT2D eigenvalue weighted by atomic mass is 10.0. The van der Waals surface area contributed by atoms with Crippen molar-refractivity contribution in [2.75, 3.05) is 11.9 Å². The zero-order valence-corrected chi connectivity index (χ0v) is 12.9. The summed E-state index contributed by atoms with van der Waals surface area (Å²) < 4.78 is 5.50. The third-order valence-corrected chi connectivity index (χ3v) is 5.78. The molecule has 1 fully saturated rings. The third-order valence-electron chi connectivity index (χ3n) is 4.59. The Morgan fingerprint density at radius 3 is 3.00 bits per heavy atom. The second kappa shape index (κ2) is 4.98. The highest BCUT2D eigenvalue weighted by molar-refractivity contribution is 7.16. The molecule has 0 radical (unpaired) electrons. The molecule has 0 bridgehead atoms. The van der Waals surface area contributed by atoms with Crippen molar-refractivity contribution < 1.29 is 9.21 Å². The first-order valence-corrected chi connectivity index (χ1v) is 8.39. The number of carbonyl (C=O) groups is 1. The van der Waals surface area contributed by atoms with Gasteiger partial charge in [-0.1, -0.05) is 12.8 Å². The molecule has 2 aromatic rings. The molecule has 0 aliphatic heterocycles. The molecule has 0 spiro atoms. The number of nitrogens with zero attached hydrogens (tertiary/aromatic N) is 2. The summed E-state index contributed by atoms with van der Waals surface area (Å²) in [6, 6.07) is 1.98. The van der Waals surface area contributed by atoms with Gasteiger partial charge in [0.1, 0.15) is 5.76 Å². The van der Waals surface area contributed by atoms with Crippen LogP contribution >= 0.6 is 11.3 Å². The molecule has 0 aromatic carbocycles. The lowest BCUT2D eigenvalue weighted by Gasteiger charge is -2.17. The number of furan rings is 1. The third kappa shape index (κ3) is 2.11. The van der Waals surface area contributed by atoms with E-state index in [-0.39, 0.29) is 11.8 Å². The maximum Gasteiger partial charge on any atom is 0.231 e. The zero-order valence-electron chi connectivity index (χ0n) is 12.1. The van der Waals surface area contributed by atoms with Crippen LogP contribution in [0.3, 0.4) is 0 Å². The summed E-state index contributed by atoms with van der Waals surface area (Å²) in [5, 5.41) is 0.825. The summed E-state index contributed by atoms with van der Waals surface area (Å²) in [4.78, 5) is 20.3. The van der Waals surface area contributed by atoms with Crippen molar-refractivity contribution in [1.82, 2.24) is 4.98 Å². The number of amides is 1. The molecule has 1 saturated carbocycles. The second-order valence-electron chi connectivity index (χ2n) is 5.90. The minimum absolute atomic E-state index is 0.195. The van der Waals surface area contributed by atoms with Gasteiger partial charge in [-0.2, -0.15) is 0 Å². The largest absolute Gasteiger partial charge is 0.469 e. The first-order valence-electron chi connectivity index (χ1n) is 7.58. The SMILES string of the molecule is CN(C(=O)C1CCCC1)c1nc2c(s1)CCc1occc1-2. The Kier molecular flexibility index (Phi) is 3.10. The predicted molar refractivity (Wildman–Crippen MR) is 82.6 cm³/mol. The fraction of sp³-hybridized carbons (Fsp3) is 0.500. The predicted octanol–water partition coefficient (Wildman–Crippen LogP) is 3.65. The van der Waals surface area contributed by atoms with E-state index in [1.807, 2.05) is 13.1 Å². The molecule has 0 atom stereocenters. The summed E-state index contributed by atoms with van der Waals surface area (Å²) in [7, 11) is 1.86. The highest BCUT2D eigenvalue weighted by atomic mass is 32.1. The van der Waals surface area contributed by atoms with Gasteiger partial charge >= 0.3 is 0 Å². The van der Waals surface area contributed by atoms with Crippen LogP contribution in [0.2, 0.25) is 0 Å². The van der Waals surface area contributed by atoms with Gasteiger partial charge < -0.3 is 4.42 Å². The van der Waals surface area contributed by atoms with Crippen LogP contribution < -0.4 is 4.90 Å². The van der Waals surface area contributed by atoms with Gasteiger partial charge in [-0.3, -0.25) is 9.69 Å². The number of aromatic nitrogens is 1. The summed E-state index contributed by atoms with van der Waals surface area (Å²) in [5.74, 6) is 1.44. The van der Waals surface area contributed by atoms with Crippen LogP contribution in [-0.4, -0.2) is 17.9 Å². The van der Waals surface area contributed by atoms with Crippen molar-refractivity contribution >= 4 is 22.4 Å². The molecular formula is C16H18N2O2S. The van der Waals surface area contributed by atoms with Gasteiger partial charge in [0.15, 0.2) is 5.13 Å². The van der Waals surface area contributed by atoms with Crippen LogP contribution in [0.15, 0.2) is 16.7 Å². The first-order chi connectivity index (χ1) is 10.2. The number of hydrogen-bond donors (Lipinski definition) is 0. The molecule has 110 valence electrons. The van der Waals surface area contributed by atoms with Gasteiger partial charge in [0, 0.05) is 29.8 Å². The summed E-state index contributed by atoms with van der Waals surface area (Å²) in [5.41, 5.74) is 2.11. The molecule has 0 N–H and O–H groups in total. The fourth-order valence-corrected chi connectivity index (χ4v) is 4.42. The molecule has 4 nitrogen and oxygen atoms in total. The zero-order chi connectivity index (χ0) is 14.4. The van der Waals surface area contributed by atoms with Crippen LogP contribution in [0.5, 0.6) is 0 Å². The van der Waals surface area contributed by atoms with Gasteiger partial charge in [0.25, 0.3) is 0 Å². The first kappa shape index (κ1) is 13.1. The van der Waals surface area contributed by atoms with Crippen LogP contribution in [0, 0.1) is 5.92 Å². The lowest BCUT2D eigenvalue weighted by molar-refractivity contribution is -0.121. The Hall–Kier alpha value is -1.62. The molecule has 2 aliphatic rings. The number of aryl methyl sites for hydroxylation is 2. The quantitative estimate of drug-likeness (QED) is 0.850. The topological polar surface area (TPSA) is 46.3 Å². The summed E-state index contributed by atoms with van der Waals surface area (Å²) in [6.45, 7) is 0. The number of fused-ring (bicyclic) bond motifs is 3. The van der Waals surface area contributed by atoms with E-state index in [4.69, 9.17) is 9.40 Å². The Balaban J connectivity index is 1.64. The minimum atomic E-state index is 0.195. The maximum atomic E-state index is 12.5. The van der Waals surface area contributed by atoms with Crippen LogP contribution in [-0.2, 0) is 17.6 Å². The Labute approximate surface area is 127 Å². The molecule has 2 heterocycles. The molecule has 0 unspecified atom stereocenters. The van der Waals surface area contributed by atoms with Gasteiger partial charge in [-0.05, 0) is 25.3 Å². The minimum Gasteiger partial charge on any atom is -0.469 e. The number of anilines is 1. The highest BCUT2D eigenvalue weighted by Crippen LogP contribution is 2.40. The lowest BCUT2D eigenvalue weighted by Crippen LogP contribution is -2.31. The van der Waals surface area contributed by atoms with Crippen molar-refractivity contribution in [1.29, 1.82) is 0 Å². The Morgan fingerprint density at radius 1 is 1.38 bits per heavy atom. The number of rotatable bonds is 2. The van der Waals surface area contributed by atoms with E-state index in [9.17, 15) is 4.79 Å². The van der Waals surface area contributed by atoms with E-state index >= 15 is 0 Å². The van der Waals surface area contributed by atoms with Crippen molar-refractivity contribution in [2.45, 2.75) is 38.5 Å². The van der Waals surface area contributed by atoms with Crippen LogP contribution in [0.1, 0.15) is 36.3 Å². The average molecular weight is 302 g/mol. The van der Waals surface area contributed by atoms with E-state index in [1.54, 1.807) is 22.5 Å². The summed E-state index contributed by atoms with van der Waals surface area (Å²) in [6.07, 6.45) is 8.02. The van der Waals surface area contributed by atoms with Crippen molar-refractivity contribution in [3.63, 3.8) is 0 Å². The number of carbonyl (C=O) groups excluding carboxylic acids is 1. The van der Waals surface area contributed by atoms with Crippen molar-refractivity contribution in [2.24, 2.45) is 5.92 Å². The summed E-state index contributed by atoms with van der Waals surface area (Å²) >= 11 is 1.65. The molecule has 0 saturated heterocycles. The number of thiazole rings is 1. The van der Waals surface area contributed by atoms with Gasteiger partial charge in [0.2, 0.25) is 5.91 Å². The van der Waals surface area contributed by atoms with E-state index in [2.05, 4.69) is 0 Å². The second-order valence-corrected chi connectivity index (χ2v) is 6.97. The smallest absolute Gasteiger partial charge is 0.231 e. The maximum absolute atomic E-state index is 12.5. The van der Waals surface area contributed by atoms with E-state index in [1.165, 1.54) is 17.7 Å². The monoisotopic (exact) mass is 302 g/mol. The molecule has 21 heavy (non-hydrogen) atoms. The molecule has 5 heteroatoms. The van der Waals surface area contributed by atoms with E-state index in [0.29, 0.717) is 0 Å². The Morgan fingerprint density at radius 2 is 2.19 bits per heavy atom. The van der Waals surface area contributed by atoms with Crippen LogP contribution in [0.4, 0.5) is 5.13 Å². The van der Waals surface area contributed by atoms with Gasteiger partial charge in [-0.25, -0.2) is 4.98 Å². The Bertz CT molecular complexity index is 682. The van der Waals surface area contributed by atoms with Crippen molar-refractivity contribution in [3.8, 4) is 11.3 Å².